The molecule has 0 amide bonds. The van der Waals surface area contributed by atoms with Gasteiger partial charge in [-0.1, -0.05) is 12.1 Å². The number of hydrogen-bond donors (Lipinski definition) is 1. The molecule has 88 valence electrons. The van der Waals surface area contributed by atoms with Gasteiger partial charge in [0.15, 0.2) is 0 Å². The van der Waals surface area contributed by atoms with E-state index in [0.29, 0.717) is 13.0 Å². The van der Waals surface area contributed by atoms with E-state index in [4.69, 9.17) is 10.6 Å². The van der Waals surface area contributed by atoms with Gasteiger partial charge >= 0.3 is 5.97 Å². The maximum atomic E-state index is 10.7. The van der Waals surface area contributed by atoms with Crippen LogP contribution in [0.3, 0.4) is 0 Å². The fourth-order valence-electron chi connectivity index (χ4n) is 1.33. The van der Waals surface area contributed by atoms with Crippen LogP contribution in [0, 0.1) is 6.92 Å². The number of aryl methyl sites for hydroxylation is 1. The predicted molar refractivity (Wildman–Crippen MR) is 60.8 cm³/mol. The maximum absolute atomic E-state index is 10.7. The summed E-state index contributed by atoms with van der Waals surface area (Å²) in [6, 6.07) is 7.87. The van der Waals surface area contributed by atoms with Gasteiger partial charge in [-0.3, -0.25) is 4.79 Å². The highest BCUT2D eigenvalue weighted by molar-refractivity contribution is 5.68. The molecule has 0 aromatic heterocycles. The largest absolute Gasteiger partial charge is 0.494 e. The van der Waals surface area contributed by atoms with E-state index >= 15 is 0 Å². The van der Waals surface area contributed by atoms with Crippen LogP contribution in [0.5, 0.6) is 5.75 Å². The van der Waals surface area contributed by atoms with Crippen molar-refractivity contribution in [3.8, 4) is 5.75 Å². The van der Waals surface area contributed by atoms with E-state index in [1.54, 1.807) is 0 Å². The first kappa shape index (κ1) is 12.5. The summed E-state index contributed by atoms with van der Waals surface area (Å²) in [5.74, 6) is 5.20. The van der Waals surface area contributed by atoms with E-state index in [9.17, 15) is 4.79 Å². The van der Waals surface area contributed by atoms with Crippen molar-refractivity contribution in [2.24, 2.45) is 5.90 Å². The molecule has 0 atom stereocenters. The number of nitrogens with two attached hydrogens (primary N) is 1. The van der Waals surface area contributed by atoms with E-state index in [1.165, 1.54) is 5.56 Å². The molecule has 0 fully saturated rings. The van der Waals surface area contributed by atoms with Crippen molar-refractivity contribution in [2.45, 2.75) is 26.2 Å². The minimum absolute atomic E-state index is 0.341. The van der Waals surface area contributed by atoms with Gasteiger partial charge in [0.25, 0.3) is 0 Å². The second kappa shape index (κ2) is 6.85. The third-order valence-electron chi connectivity index (χ3n) is 2.16. The standard InChI is InChI=1S/C12H17NO3/c1-10-5-4-6-11(9-10)15-8-3-2-7-12(14)16-13/h4-6,9H,2-3,7-8,13H2,1H3. The summed E-state index contributed by atoms with van der Waals surface area (Å²) < 4.78 is 5.52. The highest BCUT2D eigenvalue weighted by Crippen LogP contribution is 2.12. The third kappa shape index (κ3) is 4.79. The van der Waals surface area contributed by atoms with Crippen molar-refractivity contribution in [3.63, 3.8) is 0 Å². The molecule has 16 heavy (non-hydrogen) atoms. The lowest BCUT2D eigenvalue weighted by atomic mass is 10.2. The zero-order valence-corrected chi connectivity index (χ0v) is 9.44. The SMILES string of the molecule is Cc1cccc(OCCCCC(=O)ON)c1. The molecule has 0 aliphatic heterocycles. The summed E-state index contributed by atoms with van der Waals surface area (Å²) in [5, 5.41) is 0. The van der Waals surface area contributed by atoms with Crippen LogP contribution in [0.25, 0.3) is 0 Å². The van der Waals surface area contributed by atoms with Crippen molar-refractivity contribution in [1.29, 1.82) is 0 Å². The first-order chi connectivity index (χ1) is 7.72. The summed E-state index contributed by atoms with van der Waals surface area (Å²) in [6.45, 7) is 2.62. The van der Waals surface area contributed by atoms with Crippen molar-refractivity contribution >= 4 is 5.97 Å². The Balaban J connectivity index is 2.14. The highest BCUT2D eigenvalue weighted by atomic mass is 16.7. The van der Waals surface area contributed by atoms with E-state index in [2.05, 4.69) is 4.84 Å². The summed E-state index contributed by atoms with van der Waals surface area (Å²) in [7, 11) is 0. The van der Waals surface area contributed by atoms with E-state index in [-0.39, 0.29) is 5.97 Å². The van der Waals surface area contributed by atoms with Crippen LogP contribution in [-0.4, -0.2) is 12.6 Å². The molecule has 2 N–H and O–H groups in total. The molecule has 0 saturated carbocycles. The van der Waals surface area contributed by atoms with Gasteiger partial charge in [-0.15, -0.1) is 0 Å². The molecule has 0 aliphatic rings. The highest BCUT2D eigenvalue weighted by Gasteiger charge is 2.00. The average molecular weight is 223 g/mol. The zero-order valence-electron chi connectivity index (χ0n) is 9.44. The molecule has 0 bridgehead atoms. The maximum Gasteiger partial charge on any atom is 0.324 e. The minimum atomic E-state index is -0.379. The Morgan fingerprint density at radius 3 is 2.88 bits per heavy atom. The van der Waals surface area contributed by atoms with Crippen LogP contribution in [-0.2, 0) is 9.63 Å². The number of rotatable bonds is 6. The molecule has 0 spiro atoms. The predicted octanol–water partition coefficient (Wildman–Crippen LogP) is 1.96. The fourth-order valence-corrected chi connectivity index (χ4v) is 1.33. The Morgan fingerprint density at radius 1 is 1.38 bits per heavy atom. The Morgan fingerprint density at radius 2 is 2.19 bits per heavy atom. The number of carbonyl (C=O) groups excluding carboxylic acids is 1. The Kier molecular flexibility index (Phi) is 5.36. The fraction of sp³-hybridized carbons (Fsp3) is 0.417. The Bertz CT molecular complexity index is 339. The van der Waals surface area contributed by atoms with Crippen LogP contribution < -0.4 is 10.6 Å². The molecule has 0 heterocycles. The molecule has 0 saturated heterocycles. The number of hydrogen-bond acceptors (Lipinski definition) is 4. The van der Waals surface area contributed by atoms with Gasteiger partial charge in [-0.05, 0) is 37.5 Å². The van der Waals surface area contributed by atoms with Gasteiger partial charge in [-0.2, -0.15) is 5.90 Å². The molecular formula is C12H17NO3. The lowest BCUT2D eigenvalue weighted by molar-refractivity contribution is -0.144. The van der Waals surface area contributed by atoms with Gasteiger partial charge in [0.05, 0.1) is 6.61 Å². The van der Waals surface area contributed by atoms with Crippen molar-refractivity contribution < 1.29 is 14.4 Å². The van der Waals surface area contributed by atoms with E-state index in [0.717, 1.165) is 18.6 Å². The van der Waals surface area contributed by atoms with Gasteiger partial charge in [-0.25, -0.2) is 0 Å². The second-order valence-electron chi connectivity index (χ2n) is 3.61. The third-order valence-corrected chi connectivity index (χ3v) is 2.16. The quantitative estimate of drug-likeness (QED) is 0.591. The summed E-state index contributed by atoms with van der Waals surface area (Å²) in [5.41, 5.74) is 1.17. The topological polar surface area (TPSA) is 61.5 Å². The lowest BCUT2D eigenvalue weighted by Gasteiger charge is -2.06. The van der Waals surface area contributed by atoms with E-state index < -0.39 is 0 Å². The summed E-state index contributed by atoms with van der Waals surface area (Å²) >= 11 is 0. The molecule has 1 rings (SSSR count). The first-order valence-corrected chi connectivity index (χ1v) is 5.31. The normalized spacial score (nSPS) is 9.88. The van der Waals surface area contributed by atoms with Crippen LogP contribution in [0.15, 0.2) is 24.3 Å². The summed E-state index contributed by atoms with van der Waals surface area (Å²) in [6.07, 6.45) is 1.87. The van der Waals surface area contributed by atoms with Crippen molar-refractivity contribution in [2.75, 3.05) is 6.61 Å². The van der Waals surface area contributed by atoms with Gasteiger partial charge in [0.2, 0.25) is 0 Å². The van der Waals surface area contributed by atoms with E-state index in [1.807, 2.05) is 31.2 Å². The average Bonchev–Trinajstić information content (AvgIpc) is 2.28. The molecule has 1 aromatic carbocycles. The summed E-state index contributed by atoms with van der Waals surface area (Å²) in [4.78, 5) is 14.8. The molecule has 1 aromatic rings. The van der Waals surface area contributed by atoms with Crippen LogP contribution in [0.2, 0.25) is 0 Å². The molecule has 4 nitrogen and oxygen atoms in total. The van der Waals surface area contributed by atoms with Gasteiger partial charge < -0.3 is 9.57 Å². The zero-order chi connectivity index (χ0) is 11.8. The molecule has 4 heteroatoms. The van der Waals surface area contributed by atoms with Crippen molar-refractivity contribution in [1.82, 2.24) is 0 Å². The molecule has 0 unspecified atom stereocenters. The van der Waals surface area contributed by atoms with Gasteiger partial charge in [0, 0.05) is 6.42 Å². The van der Waals surface area contributed by atoms with Crippen LogP contribution >= 0.6 is 0 Å². The molecule has 0 radical (unpaired) electrons. The Labute approximate surface area is 95.3 Å². The number of ether oxygens (including phenoxy) is 1. The number of benzene rings is 1. The van der Waals surface area contributed by atoms with Crippen LogP contribution in [0.4, 0.5) is 0 Å². The smallest absolute Gasteiger partial charge is 0.324 e. The Hall–Kier alpha value is -1.55. The lowest BCUT2D eigenvalue weighted by Crippen LogP contribution is -2.09. The second-order valence-corrected chi connectivity index (χ2v) is 3.61. The molecule has 0 aliphatic carbocycles. The number of carbonyl (C=O) groups is 1. The first-order valence-electron chi connectivity index (χ1n) is 5.31. The van der Waals surface area contributed by atoms with Crippen molar-refractivity contribution in [3.05, 3.63) is 29.8 Å². The monoisotopic (exact) mass is 223 g/mol. The van der Waals surface area contributed by atoms with Gasteiger partial charge in [0.1, 0.15) is 5.75 Å². The molecular weight excluding hydrogens is 206 g/mol. The number of unbranched alkanes of at least 4 members (excludes halogenated alkanes) is 1. The minimum Gasteiger partial charge on any atom is -0.494 e. The van der Waals surface area contributed by atoms with Crippen LogP contribution in [0.1, 0.15) is 24.8 Å².